The summed E-state index contributed by atoms with van der Waals surface area (Å²) in [5.41, 5.74) is 1.35. The van der Waals surface area contributed by atoms with E-state index in [9.17, 15) is 10.1 Å². The Bertz CT molecular complexity index is 412. The maximum atomic E-state index is 10.6. The lowest BCUT2D eigenvalue weighted by Crippen LogP contribution is -1.98. The molecule has 5 heteroatoms. The van der Waals surface area contributed by atoms with Crippen molar-refractivity contribution in [2.45, 2.75) is 25.7 Å². The van der Waals surface area contributed by atoms with E-state index in [1.807, 2.05) is 6.08 Å². The van der Waals surface area contributed by atoms with Crippen molar-refractivity contribution in [3.05, 3.63) is 27.7 Å². The number of allylic oxidation sites excluding steroid dienone is 1. The maximum Gasteiger partial charge on any atom is 0.342 e. The quantitative estimate of drug-likeness (QED) is 0.552. The fourth-order valence-corrected chi connectivity index (χ4v) is 1.87. The molecule has 1 aromatic heterocycles. The molecule has 0 aliphatic heterocycles. The van der Waals surface area contributed by atoms with Crippen LogP contribution in [0.25, 0.3) is 6.08 Å². The number of imidazole rings is 1. The second kappa shape index (κ2) is 3.84. The molecule has 1 aromatic rings. The maximum absolute atomic E-state index is 10.6. The summed E-state index contributed by atoms with van der Waals surface area (Å²) in [7, 11) is 1.67. The number of rotatable bonds is 2. The van der Waals surface area contributed by atoms with E-state index in [0.717, 1.165) is 12.8 Å². The molecule has 1 aliphatic carbocycles. The third-order valence-electron chi connectivity index (χ3n) is 2.77. The van der Waals surface area contributed by atoms with Gasteiger partial charge < -0.3 is 10.1 Å². The number of hydrogen-bond donors (Lipinski definition) is 0. The van der Waals surface area contributed by atoms with Gasteiger partial charge in [0, 0.05) is 6.08 Å². The van der Waals surface area contributed by atoms with Crippen molar-refractivity contribution in [2.24, 2.45) is 7.05 Å². The first-order valence-corrected chi connectivity index (χ1v) is 5.04. The molecule has 1 heterocycles. The third-order valence-corrected chi connectivity index (χ3v) is 2.77. The van der Waals surface area contributed by atoms with E-state index in [0.29, 0.717) is 5.82 Å². The van der Waals surface area contributed by atoms with Crippen molar-refractivity contribution < 1.29 is 4.92 Å². The van der Waals surface area contributed by atoms with Gasteiger partial charge in [0.15, 0.2) is 0 Å². The first-order valence-electron chi connectivity index (χ1n) is 5.04. The van der Waals surface area contributed by atoms with Crippen LogP contribution in [-0.2, 0) is 7.05 Å². The monoisotopic (exact) mass is 207 g/mol. The first-order chi connectivity index (χ1) is 7.18. The minimum atomic E-state index is -0.413. The molecule has 80 valence electrons. The molecule has 0 spiro atoms. The second-order valence-corrected chi connectivity index (χ2v) is 3.80. The Morgan fingerprint density at radius 2 is 2.20 bits per heavy atom. The molecule has 0 radical (unpaired) electrons. The van der Waals surface area contributed by atoms with Crippen molar-refractivity contribution >= 4 is 11.9 Å². The first kappa shape index (κ1) is 9.89. The van der Waals surface area contributed by atoms with Crippen LogP contribution in [0.3, 0.4) is 0 Å². The molecule has 2 rings (SSSR count). The zero-order valence-electron chi connectivity index (χ0n) is 8.64. The highest BCUT2D eigenvalue weighted by Gasteiger charge is 2.16. The van der Waals surface area contributed by atoms with Crippen LogP contribution >= 0.6 is 0 Å². The van der Waals surface area contributed by atoms with Crippen molar-refractivity contribution in [1.29, 1.82) is 0 Å². The highest BCUT2D eigenvalue weighted by atomic mass is 16.6. The number of hydrogen-bond acceptors (Lipinski definition) is 3. The van der Waals surface area contributed by atoms with Gasteiger partial charge >= 0.3 is 5.82 Å². The van der Waals surface area contributed by atoms with Crippen molar-refractivity contribution in [2.75, 3.05) is 0 Å². The molecule has 5 nitrogen and oxygen atoms in total. The van der Waals surface area contributed by atoms with E-state index < -0.39 is 4.92 Å². The van der Waals surface area contributed by atoms with Gasteiger partial charge in [-0.1, -0.05) is 5.57 Å². The molecule has 1 fully saturated rings. The molecular weight excluding hydrogens is 194 g/mol. The van der Waals surface area contributed by atoms with Crippen LogP contribution in [0.4, 0.5) is 5.82 Å². The van der Waals surface area contributed by atoms with Crippen LogP contribution in [-0.4, -0.2) is 14.5 Å². The van der Waals surface area contributed by atoms with Crippen molar-refractivity contribution in [3.8, 4) is 0 Å². The Kier molecular flexibility index (Phi) is 2.53. The Labute approximate surface area is 87.6 Å². The summed E-state index contributed by atoms with van der Waals surface area (Å²) in [4.78, 5) is 14.2. The van der Waals surface area contributed by atoms with Crippen LogP contribution in [0.2, 0.25) is 0 Å². The molecule has 0 aromatic carbocycles. The molecule has 0 bridgehead atoms. The van der Waals surface area contributed by atoms with E-state index in [-0.39, 0.29) is 5.82 Å². The molecule has 0 amide bonds. The van der Waals surface area contributed by atoms with Gasteiger partial charge in [0.25, 0.3) is 0 Å². The zero-order valence-corrected chi connectivity index (χ0v) is 8.64. The zero-order chi connectivity index (χ0) is 10.8. The Balaban J connectivity index is 2.29. The lowest BCUT2D eigenvalue weighted by Gasteiger charge is -1.96. The van der Waals surface area contributed by atoms with E-state index >= 15 is 0 Å². The lowest BCUT2D eigenvalue weighted by molar-refractivity contribution is -0.391. The number of nitro groups is 1. The van der Waals surface area contributed by atoms with Crippen LogP contribution in [0.5, 0.6) is 0 Å². The fourth-order valence-electron chi connectivity index (χ4n) is 1.87. The highest BCUT2D eigenvalue weighted by Crippen LogP contribution is 2.26. The SMILES string of the molecule is Cn1c([N+](=O)[O-])cnc1C=C1CCCC1. The molecule has 15 heavy (non-hydrogen) atoms. The van der Waals surface area contributed by atoms with E-state index in [2.05, 4.69) is 4.98 Å². The minimum absolute atomic E-state index is 0.0415. The fraction of sp³-hybridized carbons (Fsp3) is 0.500. The average Bonchev–Trinajstić information content (AvgIpc) is 2.78. The average molecular weight is 207 g/mol. The standard InChI is InChI=1S/C10H13N3O2/c1-12-9(6-8-4-2-3-5-8)11-7-10(12)13(14)15/h6-7H,2-5H2,1H3. The van der Waals surface area contributed by atoms with E-state index in [1.54, 1.807) is 7.05 Å². The van der Waals surface area contributed by atoms with Crippen LogP contribution in [0.1, 0.15) is 31.5 Å². The summed E-state index contributed by atoms with van der Waals surface area (Å²) in [5.74, 6) is 0.721. The number of aromatic nitrogens is 2. The number of nitrogens with zero attached hydrogens (tertiary/aromatic N) is 3. The summed E-state index contributed by atoms with van der Waals surface area (Å²) in [5, 5.41) is 10.6. The van der Waals surface area contributed by atoms with Gasteiger partial charge in [-0.05, 0) is 30.6 Å². The summed E-state index contributed by atoms with van der Waals surface area (Å²) >= 11 is 0. The van der Waals surface area contributed by atoms with Crippen LogP contribution < -0.4 is 0 Å². The third kappa shape index (κ3) is 1.91. The molecule has 0 N–H and O–H groups in total. The van der Waals surface area contributed by atoms with Crippen LogP contribution in [0.15, 0.2) is 11.8 Å². The predicted molar refractivity (Wildman–Crippen MR) is 56.3 cm³/mol. The van der Waals surface area contributed by atoms with E-state index in [1.165, 1.54) is 29.2 Å². The van der Waals surface area contributed by atoms with Crippen LogP contribution in [0, 0.1) is 10.1 Å². The van der Waals surface area contributed by atoms with Gasteiger partial charge in [-0.3, -0.25) is 0 Å². The van der Waals surface area contributed by atoms with Gasteiger partial charge in [-0.25, -0.2) is 9.55 Å². The summed E-state index contributed by atoms with van der Waals surface area (Å²) in [6, 6.07) is 0. The van der Waals surface area contributed by atoms with Gasteiger partial charge in [0.05, 0.1) is 7.05 Å². The molecule has 0 atom stereocenters. The summed E-state index contributed by atoms with van der Waals surface area (Å²) in [6.45, 7) is 0. The lowest BCUT2D eigenvalue weighted by atomic mass is 10.2. The highest BCUT2D eigenvalue weighted by molar-refractivity contribution is 5.48. The topological polar surface area (TPSA) is 61.0 Å². The van der Waals surface area contributed by atoms with Crippen molar-refractivity contribution in [1.82, 2.24) is 9.55 Å². The Morgan fingerprint density at radius 3 is 2.73 bits per heavy atom. The Morgan fingerprint density at radius 1 is 1.53 bits per heavy atom. The Hall–Kier alpha value is -1.65. The van der Waals surface area contributed by atoms with Crippen molar-refractivity contribution in [3.63, 3.8) is 0 Å². The molecule has 0 saturated heterocycles. The van der Waals surface area contributed by atoms with Gasteiger partial charge in [0.2, 0.25) is 5.82 Å². The molecular formula is C10H13N3O2. The van der Waals surface area contributed by atoms with Gasteiger partial charge in [-0.15, -0.1) is 0 Å². The molecule has 0 unspecified atom stereocenters. The molecule has 1 aliphatic rings. The van der Waals surface area contributed by atoms with Gasteiger partial charge in [0.1, 0.15) is 6.20 Å². The normalized spacial score (nSPS) is 15.7. The largest absolute Gasteiger partial charge is 0.358 e. The summed E-state index contributed by atoms with van der Waals surface area (Å²) in [6.07, 6.45) is 7.92. The summed E-state index contributed by atoms with van der Waals surface area (Å²) < 4.78 is 1.52. The van der Waals surface area contributed by atoms with E-state index in [4.69, 9.17) is 0 Å². The van der Waals surface area contributed by atoms with Gasteiger partial charge in [-0.2, -0.15) is 0 Å². The minimum Gasteiger partial charge on any atom is -0.358 e. The molecule has 1 saturated carbocycles. The second-order valence-electron chi connectivity index (χ2n) is 3.80. The smallest absolute Gasteiger partial charge is 0.342 e. The predicted octanol–water partition coefficient (Wildman–Crippen LogP) is 2.29.